The van der Waals surface area contributed by atoms with Gasteiger partial charge in [-0.25, -0.2) is 4.98 Å². The Morgan fingerprint density at radius 2 is 2.50 bits per heavy atom. The molecule has 2 N–H and O–H groups in total. The van der Waals surface area contributed by atoms with Gasteiger partial charge < -0.3 is 5.73 Å². The molecule has 0 aliphatic rings. The Hall–Kier alpha value is -0.930. The van der Waals surface area contributed by atoms with Crippen LogP contribution in [0.1, 0.15) is 24.0 Å². The molecule has 3 heteroatoms. The predicted octanol–water partition coefficient (Wildman–Crippen LogP) is 2.76. The van der Waals surface area contributed by atoms with Gasteiger partial charge in [0, 0.05) is 11.4 Å². The van der Waals surface area contributed by atoms with Crippen LogP contribution in [0.4, 0.5) is 0 Å². The third kappa shape index (κ3) is 3.09. The van der Waals surface area contributed by atoms with Crippen molar-refractivity contribution < 1.29 is 0 Å². The van der Waals surface area contributed by atoms with E-state index < -0.39 is 0 Å². The molecule has 0 bridgehead atoms. The van der Waals surface area contributed by atoms with Crippen LogP contribution in [0.2, 0.25) is 0 Å². The van der Waals surface area contributed by atoms with Crippen molar-refractivity contribution in [2.24, 2.45) is 5.73 Å². The van der Waals surface area contributed by atoms with Gasteiger partial charge in [-0.1, -0.05) is 11.6 Å². The Morgan fingerprint density at radius 3 is 3.00 bits per heavy atom. The van der Waals surface area contributed by atoms with Crippen molar-refractivity contribution in [2.75, 3.05) is 0 Å². The van der Waals surface area contributed by atoms with E-state index in [2.05, 4.69) is 11.6 Å². The molecule has 0 saturated carbocycles. The van der Waals surface area contributed by atoms with Crippen molar-refractivity contribution >= 4 is 17.4 Å². The molecular weight excluding hydrogens is 192 g/mol. The topological polar surface area (TPSA) is 38.9 Å². The minimum atomic E-state index is 0.0644. The zero-order valence-corrected chi connectivity index (χ0v) is 9.47. The van der Waals surface area contributed by atoms with Crippen molar-refractivity contribution in [3.05, 3.63) is 34.3 Å². The zero-order valence-electron chi connectivity index (χ0n) is 8.66. The average Bonchev–Trinajstić information content (AvgIpc) is 2.51. The first kappa shape index (κ1) is 11.1. The molecule has 0 aliphatic heterocycles. The summed E-state index contributed by atoms with van der Waals surface area (Å²) in [6.45, 7) is 7.71. The quantitative estimate of drug-likeness (QED) is 0.773. The van der Waals surface area contributed by atoms with Crippen LogP contribution in [0.15, 0.2) is 23.6 Å². The fourth-order valence-corrected chi connectivity index (χ4v) is 1.72. The highest BCUT2D eigenvalue weighted by atomic mass is 32.1. The smallest absolute Gasteiger partial charge is 0.0901 e. The Morgan fingerprint density at radius 1 is 1.79 bits per heavy atom. The third-order valence-electron chi connectivity index (χ3n) is 2.02. The molecule has 0 unspecified atom stereocenters. The lowest BCUT2D eigenvalue weighted by atomic mass is 10.1. The molecule has 2 nitrogen and oxygen atoms in total. The SMILES string of the molecule is C=CC[C@H](N)/C(C)=C/c1csc(C)n1. The van der Waals surface area contributed by atoms with Crippen molar-refractivity contribution in [2.45, 2.75) is 26.3 Å². The van der Waals surface area contributed by atoms with E-state index in [9.17, 15) is 0 Å². The van der Waals surface area contributed by atoms with Gasteiger partial charge in [-0.05, 0) is 26.3 Å². The molecule has 76 valence electrons. The van der Waals surface area contributed by atoms with Crippen molar-refractivity contribution in [3.63, 3.8) is 0 Å². The van der Waals surface area contributed by atoms with Crippen LogP contribution in [0.5, 0.6) is 0 Å². The number of aryl methyl sites for hydroxylation is 1. The lowest BCUT2D eigenvalue weighted by Crippen LogP contribution is -2.19. The average molecular weight is 208 g/mol. The van der Waals surface area contributed by atoms with Crippen molar-refractivity contribution in [3.8, 4) is 0 Å². The fraction of sp³-hybridized carbons (Fsp3) is 0.364. The number of hydrogen-bond donors (Lipinski definition) is 1. The van der Waals surface area contributed by atoms with Crippen LogP contribution < -0.4 is 5.73 Å². The summed E-state index contributed by atoms with van der Waals surface area (Å²) in [5.74, 6) is 0. The first-order chi connectivity index (χ1) is 6.63. The standard InChI is InChI=1S/C11H16N2S/c1-4-5-11(12)8(2)6-10-7-14-9(3)13-10/h4,6-7,11H,1,5,12H2,2-3H3/b8-6+/t11-/m0/s1. The highest BCUT2D eigenvalue weighted by Gasteiger charge is 2.03. The number of nitrogens with two attached hydrogens (primary N) is 1. The van der Waals surface area contributed by atoms with Crippen molar-refractivity contribution in [1.82, 2.24) is 4.98 Å². The number of nitrogens with zero attached hydrogens (tertiary/aromatic N) is 1. The lowest BCUT2D eigenvalue weighted by molar-refractivity contribution is 0.789. The second-order valence-electron chi connectivity index (χ2n) is 3.31. The third-order valence-corrected chi connectivity index (χ3v) is 2.81. The summed E-state index contributed by atoms with van der Waals surface area (Å²) in [5, 5.41) is 3.13. The summed E-state index contributed by atoms with van der Waals surface area (Å²) in [6, 6.07) is 0.0644. The molecule has 14 heavy (non-hydrogen) atoms. The summed E-state index contributed by atoms with van der Waals surface area (Å²) >= 11 is 1.65. The highest BCUT2D eigenvalue weighted by molar-refractivity contribution is 7.09. The molecule has 1 heterocycles. The van der Waals surface area contributed by atoms with Gasteiger partial charge in [-0.3, -0.25) is 0 Å². The van der Waals surface area contributed by atoms with Gasteiger partial charge in [-0.15, -0.1) is 17.9 Å². The van der Waals surface area contributed by atoms with E-state index in [1.807, 2.05) is 31.4 Å². The largest absolute Gasteiger partial charge is 0.324 e. The Balaban J connectivity index is 2.72. The van der Waals surface area contributed by atoms with Crippen LogP contribution in [0.3, 0.4) is 0 Å². The van der Waals surface area contributed by atoms with E-state index in [0.29, 0.717) is 0 Å². The van der Waals surface area contributed by atoms with Crippen molar-refractivity contribution in [1.29, 1.82) is 0 Å². The highest BCUT2D eigenvalue weighted by Crippen LogP contribution is 2.13. The summed E-state index contributed by atoms with van der Waals surface area (Å²) < 4.78 is 0. The number of thiazole rings is 1. The van der Waals surface area contributed by atoms with Gasteiger partial charge in [0.05, 0.1) is 10.7 Å². The van der Waals surface area contributed by atoms with Gasteiger partial charge >= 0.3 is 0 Å². The second-order valence-corrected chi connectivity index (χ2v) is 4.37. The van der Waals surface area contributed by atoms with E-state index in [-0.39, 0.29) is 6.04 Å². The van der Waals surface area contributed by atoms with Gasteiger partial charge in [-0.2, -0.15) is 0 Å². The van der Waals surface area contributed by atoms with Crippen LogP contribution in [0, 0.1) is 6.92 Å². The molecule has 0 aliphatic carbocycles. The Bertz CT molecular complexity index is 339. The maximum atomic E-state index is 5.92. The molecule has 1 aromatic rings. The van der Waals surface area contributed by atoms with Gasteiger partial charge in [0.15, 0.2) is 0 Å². The van der Waals surface area contributed by atoms with E-state index in [0.717, 1.165) is 22.7 Å². The maximum absolute atomic E-state index is 5.92. The molecule has 0 radical (unpaired) electrons. The number of hydrogen-bond acceptors (Lipinski definition) is 3. The number of rotatable bonds is 4. The first-order valence-electron chi connectivity index (χ1n) is 4.60. The summed E-state index contributed by atoms with van der Waals surface area (Å²) in [7, 11) is 0. The predicted molar refractivity (Wildman–Crippen MR) is 63.3 cm³/mol. The zero-order chi connectivity index (χ0) is 10.6. The van der Waals surface area contributed by atoms with Crippen LogP contribution in [0.25, 0.3) is 6.08 Å². The van der Waals surface area contributed by atoms with E-state index in [1.54, 1.807) is 11.3 Å². The van der Waals surface area contributed by atoms with E-state index in [1.165, 1.54) is 0 Å². The molecule has 0 fully saturated rings. The molecular formula is C11H16N2S. The Labute approximate surface area is 89.2 Å². The first-order valence-corrected chi connectivity index (χ1v) is 5.48. The van der Waals surface area contributed by atoms with Crippen LogP contribution >= 0.6 is 11.3 Å². The number of aromatic nitrogens is 1. The molecule has 0 amide bonds. The van der Waals surface area contributed by atoms with Gasteiger partial charge in [0.2, 0.25) is 0 Å². The minimum Gasteiger partial charge on any atom is -0.324 e. The lowest BCUT2D eigenvalue weighted by Gasteiger charge is -2.08. The fourth-order valence-electron chi connectivity index (χ4n) is 1.15. The molecule has 0 aromatic carbocycles. The molecule has 0 spiro atoms. The minimum absolute atomic E-state index is 0.0644. The Kier molecular flexibility index (Phi) is 4.04. The molecule has 1 rings (SSSR count). The monoisotopic (exact) mass is 208 g/mol. The second kappa shape index (κ2) is 5.08. The molecule has 0 saturated heterocycles. The normalized spacial score (nSPS) is 14.1. The summed E-state index contributed by atoms with van der Waals surface area (Å²) in [4.78, 5) is 4.35. The van der Waals surface area contributed by atoms with Gasteiger partial charge in [0.1, 0.15) is 0 Å². The van der Waals surface area contributed by atoms with Crippen LogP contribution in [-0.4, -0.2) is 11.0 Å². The maximum Gasteiger partial charge on any atom is 0.0901 e. The molecule has 1 aromatic heterocycles. The van der Waals surface area contributed by atoms with Crippen LogP contribution in [-0.2, 0) is 0 Å². The van der Waals surface area contributed by atoms with Gasteiger partial charge in [0.25, 0.3) is 0 Å². The van der Waals surface area contributed by atoms with E-state index in [4.69, 9.17) is 5.73 Å². The van der Waals surface area contributed by atoms with E-state index >= 15 is 0 Å². The molecule has 1 atom stereocenters. The summed E-state index contributed by atoms with van der Waals surface area (Å²) in [6.07, 6.45) is 4.69. The summed E-state index contributed by atoms with van der Waals surface area (Å²) in [5.41, 5.74) is 8.07.